The zero-order chi connectivity index (χ0) is 30.5. The van der Waals surface area contributed by atoms with E-state index in [9.17, 15) is 14.4 Å². The van der Waals surface area contributed by atoms with Gasteiger partial charge in [-0.05, 0) is 110 Å². The smallest absolute Gasteiger partial charge is 0.302 e. The van der Waals surface area contributed by atoms with Crippen molar-refractivity contribution in [1.82, 2.24) is 4.90 Å². The third-order valence-corrected chi connectivity index (χ3v) is 14.8. The highest BCUT2D eigenvalue weighted by molar-refractivity contribution is 5.96. The molecule has 5 aliphatic carbocycles. The van der Waals surface area contributed by atoms with Crippen LogP contribution < -0.4 is 0 Å². The second-order valence-corrected chi connectivity index (χ2v) is 16.6. The molecule has 0 aromatic rings. The van der Waals surface area contributed by atoms with E-state index in [1.807, 2.05) is 4.90 Å². The quantitative estimate of drug-likeness (QED) is 0.343. The molecule has 1 aliphatic heterocycles. The number of fused-ring (bicyclic) bond motifs is 7. The van der Waals surface area contributed by atoms with Gasteiger partial charge in [0.2, 0.25) is 5.91 Å². The number of hydrogen-bond acceptors (Lipinski definition) is 5. The maximum atomic E-state index is 14.7. The summed E-state index contributed by atoms with van der Waals surface area (Å²) >= 11 is 0. The molecule has 6 rings (SSSR count). The molecule has 1 saturated heterocycles. The van der Waals surface area contributed by atoms with Crippen molar-refractivity contribution in [3.05, 3.63) is 11.6 Å². The molecule has 1 amide bonds. The zero-order valence-corrected chi connectivity index (χ0v) is 27.5. The molecule has 0 unspecified atom stereocenters. The maximum absolute atomic E-state index is 14.7. The molecule has 0 radical (unpaired) electrons. The van der Waals surface area contributed by atoms with Crippen molar-refractivity contribution < 1.29 is 23.9 Å². The third kappa shape index (κ3) is 3.94. The minimum absolute atomic E-state index is 0.0353. The monoisotopic (exact) mass is 581 g/mol. The molecule has 0 aromatic heterocycles. The van der Waals surface area contributed by atoms with Gasteiger partial charge in [0.25, 0.3) is 0 Å². The van der Waals surface area contributed by atoms with Gasteiger partial charge in [-0.1, -0.05) is 47.1 Å². The normalized spacial score (nSPS) is 50.4. The largest absolute Gasteiger partial charge is 0.461 e. The number of amides is 1. The number of esters is 1. The minimum Gasteiger partial charge on any atom is -0.461 e. The zero-order valence-electron chi connectivity index (χ0n) is 27.5. The minimum atomic E-state index is -0.874. The van der Waals surface area contributed by atoms with Crippen molar-refractivity contribution >= 4 is 17.7 Å². The summed E-state index contributed by atoms with van der Waals surface area (Å²) < 4.78 is 11.6. The van der Waals surface area contributed by atoms with Crippen molar-refractivity contribution in [3.8, 4) is 0 Å². The summed E-state index contributed by atoms with van der Waals surface area (Å²) in [4.78, 5) is 43.5. The molecule has 1 heterocycles. The van der Waals surface area contributed by atoms with Crippen molar-refractivity contribution in [3.63, 3.8) is 0 Å². The Morgan fingerprint density at radius 1 is 0.929 bits per heavy atom. The van der Waals surface area contributed by atoms with Crippen LogP contribution in [0.25, 0.3) is 0 Å². The lowest BCUT2D eigenvalue weighted by atomic mass is 9.33. The van der Waals surface area contributed by atoms with E-state index in [-0.39, 0.29) is 45.4 Å². The molecule has 0 spiro atoms. The Balaban J connectivity index is 1.44. The Kier molecular flexibility index (Phi) is 7.16. The van der Waals surface area contributed by atoms with Gasteiger partial charge in [-0.15, -0.1) is 0 Å². The number of allylic oxidation sites excluding steroid dienone is 2. The van der Waals surface area contributed by atoms with Gasteiger partial charge in [0.05, 0.1) is 18.6 Å². The van der Waals surface area contributed by atoms with Crippen LogP contribution in [0.2, 0.25) is 0 Å². The van der Waals surface area contributed by atoms with Gasteiger partial charge in [0.15, 0.2) is 5.78 Å². The molecule has 11 atom stereocenters. The number of morpholine rings is 1. The predicted molar refractivity (Wildman–Crippen MR) is 162 cm³/mol. The van der Waals surface area contributed by atoms with Crippen LogP contribution in [0.15, 0.2) is 11.6 Å². The first kappa shape index (κ1) is 30.3. The second kappa shape index (κ2) is 9.91. The molecule has 6 aliphatic rings. The van der Waals surface area contributed by atoms with E-state index in [2.05, 4.69) is 54.5 Å². The molecule has 4 saturated carbocycles. The highest BCUT2D eigenvalue weighted by Crippen LogP contribution is 2.75. The average molecular weight is 582 g/mol. The first-order valence-electron chi connectivity index (χ1n) is 16.9. The first-order valence-corrected chi connectivity index (χ1v) is 16.9. The van der Waals surface area contributed by atoms with Gasteiger partial charge < -0.3 is 14.4 Å². The van der Waals surface area contributed by atoms with Crippen molar-refractivity contribution in [2.45, 2.75) is 113 Å². The van der Waals surface area contributed by atoms with Crippen LogP contribution in [0.5, 0.6) is 0 Å². The molecule has 0 aromatic carbocycles. The van der Waals surface area contributed by atoms with Crippen LogP contribution in [-0.4, -0.2) is 55.0 Å². The fourth-order valence-electron chi connectivity index (χ4n) is 12.1. The third-order valence-electron chi connectivity index (χ3n) is 14.8. The summed E-state index contributed by atoms with van der Waals surface area (Å²) in [6, 6.07) is 0. The van der Waals surface area contributed by atoms with E-state index in [4.69, 9.17) is 9.47 Å². The number of carbonyl (C=O) groups is 3. The van der Waals surface area contributed by atoms with E-state index < -0.39 is 11.5 Å². The molecule has 6 nitrogen and oxygen atoms in total. The van der Waals surface area contributed by atoms with Crippen LogP contribution in [0, 0.1) is 56.7 Å². The molecular weight excluding hydrogens is 526 g/mol. The Hall–Kier alpha value is -1.69. The number of nitrogens with zero attached hydrogens (tertiary/aromatic N) is 1. The molecular formula is C36H55NO5. The summed E-state index contributed by atoms with van der Waals surface area (Å²) in [7, 11) is 0. The first-order chi connectivity index (χ1) is 19.6. The average Bonchev–Trinajstić information content (AvgIpc) is 2.94. The predicted octanol–water partition coefficient (Wildman–Crippen LogP) is 6.61. The van der Waals surface area contributed by atoms with Crippen LogP contribution in [0.1, 0.15) is 107 Å². The van der Waals surface area contributed by atoms with E-state index in [1.165, 1.54) is 31.8 Å². The fraction of sp³-hybridized carbons (Fsp3) is 0.861. The summed E-state index contributed by atoms with van der Waals surface area (Å²) in [5.74, 6) is 1.54. The second-order valence-electron chi connectivity index (χ2n) is 16.6. The van der Waals surface area contributed by atoms with Gasteiger partial charge in [-0.3, -0.25) is 14.4 Å². The summed E-state index contributed by atoms with van der Waals surface area (Å²) in [6.07, 6.45) is 9.75. The van der Waals surface area contributed by atoms with Gasteiger partial charge in [-0.25, -0.2) is 0 Å². The van der Waals surface area contributed by atoms with Crippen LogP contribution in [-0.2, 0) is 23.9 Å². The summed E-state index contributed by atoms with van der Waals surface area (Å²) in [5, 5.41) is 0. The van der Waals surface area contributed by atoms with Crippen molar-refractivity contribution in [2.24, 2.45) is 56.7 Å². The highest BCUT2D eigenvalue weighted by Gasteiger charge is 2.72. The van der Waals surface area contributed by atoms with E-state index in [0.29, 0.717) is 56.3 Å². The summed E-state index contributed by atoms with van der Waals surface area (Å²) in [6.45, 7) is 20.3. The molecule has 5 fully saturated rings. The standard InChI is InChI=1S/C36H55NO5/c1-22-9-12-32(4)15-16-34(6)25(29(32)23(22)2)21-26(39)30-33(5)13-11-28(42-24(3)38)36(8,27(33)10-14-35(30,34)7)31(40)37-17-19-41-20-18-37/h21-23,27-30H,9-20H2,1-8H3/t22-,23+,27-,28-,29+,30-,32-,33+,34-,35-,36-/m1/s1. The number of hydrogen-bond donors (Lipinski definition) is 0. The fourth-order valence-corrected chi connectivity index (χ4v) is 12.1. The molecule has 0 bridgehead atoms. The van der Waals surface area contributed by atoms with E-state index in [0.717, 1.165) is 25.7 Å². The highest BCUT2D eigenvalue weighted by atomic mass is 16.5. The number of ketones is 1. The van der Waals surface area contributed by atoms with E-state index >= 15 is 0 Å². The maximum Gasteiger partial charge on any atom is 0.302 e. The topological polar surface area (TPSA) is 72.9 Å². The Labute approximate surface area is 253 Å². The van der Waals surface area contributed by atoms with Crippen LogP contribution in [0.3, 0.4) is 0 Å². The van der Waals surface area contributed by atoms with Crippen LogP contribution >= 0.6 is 0 Å². The van der Waals surface area contributed by atoms with E-state index in [1.54, 1.807) is 0 Å². The Bertz CT molecular complexity index is 1190. The molecule has 6 heteroatoms. The number of rotatable bonds is 2. The molecule has 0 N–H and O–H groups in total. The molecule has 234 valence electrons. The van der Waals surface area contributed by atoms with Gasteiger partial charge in [0, 0.05) is 25.9 Å². The number of carbonyl (C=O) groups excluding carboxylic acids is 3. The van der Waals surface area contributed by atoms with Crippen molar-refractivity contribution in [1.29, 1.82) is 0 Å². The van der Waals surface area contributed by atoms with Gasteiger partial charge >= 0.3 is 5.97 Å². The van der Waals surface area contributed by atoms with Crippen molar-refractivity contribution in [2.75, 3.05) is 26.3 Å². The lowest BCUT2D eigenvalue weighted by Gasteiger charge is -2.70. The van der Waals surface area contributed by atoms with Gasteiger partial charge in [-0.2, -0.15) is 0 Å². The Morgan fingerprint density at radius 2 is 1.62 bits per heavy atom. The van der Waals surface area contributed by atoms with Gasteiger partial charge in [0.1, 0.15) is 6.10 Å². The summed E-state index contributed by atoms with van der Waals surface area (Å²) in [5.41, 5.74) is 0.287. The van der Waals surface area contributed by atoms with Crippen LogP contribution in [0.4, 0.5) is 0 Å². The number of ether oxygens (including phenoxy) is 2. The molecule has 42 heavy (non-hydrogen) atoms. The lowest BCUT2D eigenvalue weighted by molar-refractivity contribution is -0.219. The Morgan fingerprint density at radius 3 is 2.29 bits per heavy atom. The lowest BCUT2D eigenvalue weighted by Crippen LogP contribution is -2.69. The SMILES string of the molecule is CC(=O)O[C@@H]1CC[C@@]2(C)[C@@H](CC[C@]3(C)[C@@H]2C(=O)C=C2[C@@H]4[C@@H](C)[C@H](C)CC[C@]4(C)CC[C@]23C)[C@@]1(C)C(=O)N1CCOCC1.